The van der Waals surface area contributed by atoms with Gasteiger partial charge >= 0.3 is 10.1 Å². The van der Waals surface area contributed by atoms with Crippen LogP contribution in [-0.4, -0.2) is 26.2 Å². The highest BCUT2D eigenvalue weighted by molar-refractivity contribution is 7.87. The van der Waals surface area contributed by atoms with Gasteiger partial charge in [0.15, 0.2) is 11.5 Å². The van der Waals surface area contributed by atoms with Crippen LogP contribution in [0.25, 0.3) is 0 Å². The molecule has 0 heterocycles. The number of nitrogens with zero attached hydrogens (tertiary/aromatic N) is 2. The van der Waals surface area contributed by atoms with Gasteiger partial charge in [0.25, 0.3) is 5.69 Å². The lowest BCUT2D eigenvalue weighted by molar-refractivity contribution is -0.384. The summed E-state index contributed by atoms with van der Waals surface area (Å²) in [6.45, 7) is 5.77. The fourth-order valence-corrected chi connectivity index (χ4v) is 4.09. The van der Waals surface area contributed by atoms with Gasteiger partial charge in [-0.05, 0) is 67.4 Å². The van der Waals surface area contributed by atoms with Crippen molar-refractivity contribution in [3.05, 3.63) is 99.6 Å². The average Bonchev–Trinajstić information content (AvgIpc) is 2.80. The summed E-state index contributed by atoms with van der Waals surface area (Å²) in [7, 11) is -4.15. The largest absolute Gasteiger partial charge is 0.490 e. The van der Waals surface area contributed by atoms with E-state index in [0.29, 0.717) is 28.3 Å². The SMILES string of the molecule is C=CCc1cc(C=Nc2ccc([N+](=O)[O-])cc2)cc(OCC)c1OS(=O)(=O)c1ccc(Cl)cc1. The van der Waals surface area contributed by atoms with Crippen LogP contribution in [0.5, 0.6) is 11.5 Å². The maximum Gasteiger partial charge on any atom is 0.339 e. The molecule has 0 aliphatic carbocycles. The first kappa shape index (κ1) is 24.9. The first-order valence-corrected chi connectivity index (χ1v) is 11.9. The fourth-order valence-electron chi connectivity index (χ4n) is 2.99. The van der Waals surface area contributed by atoms with Crippen molar-refractivity contribution in [1.29, 1.82) is 0 Å². The number of hydrogen-bond acceptors (Lipinski definition) is 7. The Bertz CT molecular complexity index is 1320. The molecule has 0 atom stereocenters. The number of hydrogen-bond donors (Lipinski definition) is 0. The molecule has 0 amide bonds. The molecule has 0 spiro atoms. The monoisotopic (exact) mass is 500 g/mol. The standard InChI is InChI=1S/C24H21ClN2O6S/c1-3-5-18-14-17(16-26-20-8-10-21(11-9-20)27(28)29)15-23(32-4-2)24(18)33-34(30,31)22-12-6-19(25)7-13-22/h3,6-16H,1,4-5H2,2H3. The maximum absolute atomic E-state index is 12.9. The summed E-state index contributed by atoms with van der Waals surface area (Å²) < 4.78 is 36.9. The van der Waals surface area contributed by atoms with Crippen molar-refractivity contribution in [3.63, 3.8) is 0 Å². The van der Waals surface area contributed by atoms with Gasteiger partial charge in [0.1, 0.15) is 4.90 Å². The van der Waals surface area contributed by atoms with Crippen LogP contribution in [0.4, 0.5) is 11.4 Å². The summed E-state index contributed by atoms with van der Waals surface area (Å²) in [6.07, 6.45) is 3.47. The van der Waals surface area contributed by atoms with Gasteiger partial charge in [0.05, 0.1) is 17.2 Å². The van der Waals surface area contributed by atoms with Crippen molar-refractivity contribution < 1.29 is 22.3 Å². The zero-order chi connectivity index (χ0) is 24.7. The van der Waals surface area contributed by atoms with E-state index in [1.54, 1.807) is 31.3 Å². The van der Waals surface area contributed by atoms with E-state index < -0.39 is 15.0 Å². The molecule has 0 radical (unpaired) electrons. The Hall–Kier alpha value is -3.69. The van der Waals surface area contributed by atoms with Crippen LogP contribution in [0, 0.1) is 10.1 Å². The van der Waals surface area contributed by atoms with E-state index in [2.05, 4.69) is 11.6 Å². The number of rotatable bonds is 10. The number of nitro benzene ring substituents is 1. The molecule has 0 saturated heterocycles. The first-order chi connectivity index (χ1) is 16.2. The second-order valence-corrected chi connectivity index (χ2v) is 8.94. The highest BCUT2D eigenvalue weighted by Gasteiger charge is 2.22. The van der Waals surface area contributed by atoms with Gasteiger partial charge < -0.3 is 8.92 Å². The minimum absolute atomic E-state index is 0.0331. The van der Waals surface area contributed by atoms with Gasteiger partial charge in [-0.3, -0.25) is 15.1 Å². The number of halogens is 1. The van der Waals surface area contributed by atoms with Gasteiger partial charge in [0, 0.05) is 28.9 Å². The third kappa shape index (κ3) is 6.21. The van der Waals surface area contributed by atoms with Crippen LogP contribution in [0.2, 0.25) is 5.02 Å². The summed E-state index contributed by atoms with van der Waals surface area (Å²) in [4.78, 5) is 14.6. The van der Waals surface area contributed by atoms with Crippen molar-refractivity contribution >= 4 is 39.3 Å². The summed E-state index contributed by atoms with van der Waals surface area (Å²) in [5.41, 5.74) is 1.63. The number of nitro groups is 1. The first-order valence-electron chi connectivity index (χ1n) is 10.1. The number of aliphatic imine (C=N–C) groups is 1. The second-order valence-electron chi connectivity index (χ2n) is 6.96. The third-order valence-corrected chi connectivity index (χ3v) is 6.02. The van der Waals surface area contributed by atoms with Crippen LogP contribution in [0.15, 0.2) is 83.2 Å². The lowest BCUT2D eigenvalue weighted by atomic mass is 10.1. The van der Waals surface area contributed by atoms with Crippen molar-refractivity contribution in [1.82, 2.24) is 0 Å². The lowest BCUT2D eigenvalue weighted by Gasteiger charge is -2.16. The Morgan fingerprint density at radius 3 is 2.38 bits per heavy atom. The smallest absolute Gasteiger partial charge is 0.339 e. The molecular formula is C24H21ClN2O6S. The number of allylic oxidation sites excluding steroid dienone is 1. The maximum atomic E-state index is 12.9. The molecule has 176 valence electrons. The minimum atomic E-state index is -4.15. The molecule has 3 rings (SSSR count). The summed E-state index contributed by atoms with van der Waals surface area (Å²) in [5.74, 6) is 0.286. The molecule has 0 fully saturated rings. The van der Waals surface area contributed by atoms with E-state index >= 15 is 0 Å². The van der Waals surface area contributed by atoms with Crippen LogP contribution in [0.1, 0.15) is 18.1 Å². The Morgan fingerprint density at radius 2 is 1.79 bits per heavy atom. The number of ether oxygens (including phenoxy) is 1. The topological polar surface area (TPSA) is 108 Å². The Morgan fingerprint density at radius 1 is 1.12 bits per heavy atom. The van der Waals surface area contributed by atoms with Crippen LogP contribution in [-0.2, 0) is 16.5 Å². The van der Waals surface area contributed by atoms with E-state index in [9.17, 15) is 18.5 Å². The molecular weight excluding hydrogens is 480 g/mol. The predicted molar refractivity (Wildman–Crippen MR) is 131 cm³/mol. The van der Waals surface area contributed by atoms with Crippen molar-refractivity contribution in [2.24, 2.45) is 4.99 Å². The molecule has 0 unspecified atom stereocenters. The molecule has 0 aromatic heterocycles. The molecule has 0 aliphatic rings. The van der Waals surface area contributed by atoms with Crippen molar-refractivity contribution in [3.8, 4) is 11.5 Å². The fraction of sp³-hybridized carbons (Fsp3) is 0.125. The Balaban J connectivity index is 1.99. The lowest BCUT2D eigenvalue weighted by Crippen LogP contribution is -2.12. The zero-order valence-electron chi connectivity index (χ0n) is 18.2. The summed E-state index contributed by atoms with van der Waals surface area (Å²) >= 11 is 5.86. The average molecular weight is 501 g/mol. The Labute approximate surface area is 202 Å². The molecule has 0 saturated carbocycles. The van der Waals surface area contributed by atoms with Crippen molar-refractivity contribution in [2.45, 2.75) is 18.2 Å². The zero-order valence-corrected chi connectivity index (χ0v) is 19.8. The van der Waals surface area contributed by atoms with E-state index in [1.165, 1.54) is 48.5 Å². The third-order valence-electron chi connectivity index (χ3n) is 4.54. The second kappa shape index (κ2) is 11.0. The molecule has 34 heavy (non-hydrogen) atoms. The Kier molecular flexibility index (Phi) is 8.04. The van der Waals surface area contributed by atoms with E-state index in [4.69, 9.17) is 20.5 Å². The molecule has 8 nitrogen and oxygen atoms in total. The molecule has 3 aromatic rings. The van der Waals surface area contributed by atoms with Crippen molar-refractivity contribution in [2.75, 3.05) is 6.61 Å². The van der Waals surface area contributed by atoms with E-state index in [0.717, 1.165) is 0 Å². The molecule has 0 aliphatic heterocycles. The number of non-ortho nitro benzene ring substituents is 1. The van der Waals surface area contributed by atoms with Gasteiger partial charge in [0.2, 0.25) is 0 Å². The quantitative estimate of drug-likeness (QED) is 0.113. The van der Waals surface area contributed by atoms with Crippen LogP contribution in [0.3, 0.4) is 0 Å². The highest BCUT2D eigenvalue weighted by Crippen LogP contribution is 2.36. The molecule has 0 N–H and O–H groups in total. The van der Waals surface area contributed by atoms with E-state index in [1.807, 2.05) is 0 Å². The molecule has 3 aromatic carbocycles. The summed E-state index contributed by atoms with van der Waals surface area (Å²) in [5, 5.41) is 11.2. The van der Waals surface area contributed by atoms with Gasteiger partial charge in [-0.15, -0.1) is 6.58 Å². The van der Waals surface area contributed by atoms with Gasteiger partial charge in [-0.25, -0.2) is 0 Å². The number of benzene rings is 3. The van der Waals surface area contributed by atoms with Crippen LogP contribution < -0.4 is 8.92 Å². The predicted octanol–water partition coefficient (Wildman–Crippen LogP) is 5.89. The highest BCUT2D eigenvalue weighted by atomic mass is 35.5. The normalized spacial score (nSPS) is 11.4. The minimum Gasteiger partial charge on any atom is -0.490 e. The molecule has 10 heteroatoms. The van der Waals surface area contributed by atoms with Crippen LogP contribution >= 0.6 is 11.6 Å². The van der Waals surface area contributed by atoms with Gasteiger partial charge in [-0.1, -0.05) is 17.7 Å². The summed E-state index contributed by atoms with van der Waals surface area (Å²) in [6, 6.07) is 14.7. The van der Waals surface area contributed by atoms with Gasteiger partial charge in [-0.2, -0.15) is 8.42 Å². The molecule has 0 bridgehead atoms. The van der Waals surface area contributed by atoms with E-state index in [-0.39, 0.29) is 28.7 Å².